The third-order valence-corrected chi connectivity index (χ3v) is 9.13. The number of nitrogens with one attached hydrogen (secondary N) is 1. The molecule has 7 nitrogen and oxygen atoms in total. The van der Waals surface area contributed by atoms with Crippen LogP contribution in [0.15, 0.2) is 54.6 Å². The first kappa shape index (κ1) is 30.4. The van der Waals surface area contributed by atoms with Crippen molar-refractivity contribution in [2.45, 2.75) is 45.3 Å². The predicted octanol–water partition coefficient (Wildman–Crippen LogP) is 6.22. The van der Waals surface area contributed by atoms with E-state index in [2.05, 4.69) is 27.0 Å². The van der Waals surface area contributed by atoms with E-state index in [0.29, 0.717) is 26.7 Å². The van der Waals surface area contributed by atoms with Gasteiger partial charge in [-0.2, -0.15) is 13.2 Å². The summed E-state index contributed by atoms with van der Waals surface area (Å²) in [4.78, 5) is 39.3. The Bertz CT molecular complexity index is 1680. The number of hydrogen-bond donors (Lipinski definition) is 1. The first-order chi connectivity index (χ1) is 21.1. The maximum atomic E-state index is 14.0. The number of carbonyl (C=O) groups excluding carboxylic acids is 2. The smallest absolute Gasteiger partial charge is 0.302 e. The van der Waals surface area contributed by atoms with Gasteiger partial charge in [-0.05, 0) is 60.3 Å². The lowest BCUT2D eigenvalue weighted by Gasteiger charge is -2.34. The topological polar surface area (TPSA) is 78.4 Å². The molecule has 11 heteroatoms. The van der Waals surface area contributed by atoms with E-state index in [9.17, 15) is 22.8 Å². The summed E-state index contributed by atoms with van der Waals surface area (Å²) in [7, 11) is 0. The van der Waals surface area contributed by atoms with Crippen molar-refractivity contribution < 1.29 is 22.8 Å². The minimum Gasteiger partial charge on any atom is -0.302 e. The van der Waals surface area contributed by atoms with Gasteiger partial charge in [0.15, 0.2) is 5.13 Å². The lowest BCUT2D eigenvalue weighted by Crippen LogP contribution is -2.45. The summed E-state index contributed by atoms with van der Waals surface area (Å²) in [5.74, 6) is -0.0899. The monoisotopic (exact) mass is 621 g/mol. The van der Waals surface area contributed by atoms with Gasteiger partial charge in [0.1, 0.15) is 16.1 Å². The average Bonchev–Trinajstić information content (AvgIpc) is 3.78. The number of piperazine rings is 1. The van der Waals surface area contributed by atoms with E-state index >= 15 is 0 Å². The molecule has 2 aromatic heterocycles. The number of Topliss-reactive ketones (excluding diaryl/α,β-unsaturated/α-hetero) is 1. The van der Waals surface area contributed by atoms with E-state index in [4.69, 9.17) is 4.98 Å². The van der Waals surface area contributed by atoms with Gasteiger partial charge in [0.2, 0.25) is 5.91 Å². The summed E-state index contributed by atoms with van der Waals surface area (Å²) in [6, 6.07) is 15.5. The Kier molecular flexibility index (Phi) is 8.80. The molecule has 1 saturated heterocycles. The standard InChI is InChI=1S/C33H34F3N5O2S/c1-2-40-12-14-41(15-13-40)20-25-7-6-22(19-27(25)33(34,35)36)18-26(42)17-21-4-3-5-24(16-21)28-10-11-29-31(37-28)44-32(38-29)39-30(43)23-8-9-23/h3-7,10-11,16,19,23H,2,8-9,12-15,17-18,20H2,1H3,(H,38,39,43). The van der Waals surface area contributed by atoms with E-state index in [-0.39, 0.29) is 42.6 Å². The number of benzene rings is 2. The number of aromatic nitrogens is 2. The van der Waals surface area contributed by atoms with E-state index in [1.54, 1.807) is 6.07 Å². The highest BCUT2D eigenvalue weighted by Crippen LogP contribution is 2.35. The number of pyridine rings is 1. The number of halogens is 3. The van der Waals surface area contributed by atoms with E-state index < -0.39 is 11.7 Å². The molecular weight excluding hydrogens is 587 g/mol. The average molecular weight is 622 g/mol. The van der Waals surface area contributed by atoms with Gasteiger partial charge in [0.05, 0.1) is 11.3 Å². The summed E-state index contributed by atoms with van der Waals surface area (Å²) < 4.78 is 42.1. The molecule has 0 radical (unpaired) electrons. The molecular formula is C33H34F3N5O2S. The molecule has 1 N–H and O–H groups in total. The number of fused-ring (bicyclic) bond motifs is 1. The van der Waals surface area contributed by atoms with Crippen molar-refractivity contribution in [3.05, 3.63) is 76.9 Å². The minimum atomic E-state index is -4.50. The highest BCUT2D eigenvalue weighted by Gasteiger charge is 2.34. The molecule has 6 rings (SSSR count). The molecule has 1 aliphatic heterocycles. The number of rotatable bonds is 10. The molecule has 4 aromatic rings. The predicted molar refractivity (Wildman–Crippen MR) is 165 cm³/mol. The highest BCUT2D eigenvalue weighted by atomic mass is 32.1. The number of carbonyl (C=O) groups is 2. The van der Waals surface area contributed by atoms with Crippen LogP contribution in [-0.4, -0.2) is 64.2 Å². The molecule has 0 bridgehead atoms. The largest absolute Gasteiger partial charge is 0.416 e. The second-order valence-corrected chi connectivity index (χ2v) is 12.6. The number of anilines is 1. The first-order valence-electron chi connectivity index (χ1n) is 15.0. The number of nitrogens with zero attached hydrogens (tertiary/aromatic N) is 4. The van der Waals surface area contributed by atoms with Gasteiger partial charge in [-0.25, -0.2) is 9.97 Å². The molecule has 0 unspecified atom stereocenters. The number of hydrogen-bond acceptors (Lipinski definition) is 7. The molecule has 230 valence electrons. The molecule has 44 heavy (non-hydrogen) atoms. The maximum absolute atomic E-state index is 14.0. The Labute approximate surface area is 258 Å². The van der Waals surface area contributed by atoms with Crippen molar-refractivity contribution >= 4 is 38.5 Å². The van der Waals surface area contributed by atoms with Crippen molar-refractivity contribution in [1.82, 2.24) is 19.8 Å². The molecule has 1 amide bonds. The van der Waals surface area contributed by atoms with Crippen molar-refractivity contribution in [1.29, 1.82) is 0 Å². The quantitative estimate of drug-likeness (QED) is 0.227. The number of thiazole rings is 1. The van der Waals surface area contributed by atoms with Crippen LogP contribution >= 0.6 is 11.3 Å². The zero-order chi connectivity index (χ0) is 30.8. The fourth-order valence-electron chi connectivity index (χ4n) is 5.58. The molecule has 1 saturated carbocycles. The molecule has 0 spiro atoms. The van der Waals surface area contributed by atoms with Crippen molar-refractivity contribution in [3.8, 4) is 11.3 Å². The zero-order valence-corrected chi connectivity index (χ0v) is 25.3. The van der Waals surface area contributed by atoms with Gasteiger partial charge in [0, 0.05) is 57.0 Å². The summed E-state index contributed by atoms with van der Waals surface area (Å²) in [5, 5.41) is 3.39. The number of amides is 1. The molecule has 2 fully saturated rings. The Morgan fingerprint density at radius 2 is 1.66 bits per heavy atom. The first-order valence-corrected chi connectivity index (χ1v) is 15.8. The van der Waals surface area contributed by atoms with Crippen LogP contribution in [0.1, 0.15) is 42.0 Å². The molecule has 3 heterocycles. The lowest BCUT2D eigenvalue weighted by molar-refractivity contribution is -0.138. The minimum absolute atomic E-state index is 0.00623. The van der Waals surface area contributed by atoms with Crippen LogP contribution in [0.2, 0.25) is 0 Å². The molecule has 2 aliphatic rings. The number of likely N-dealkylation sites (N-methyl/N-ethyl adjacent to an activating group) is 1. The Balaban J connectivity index is 1.12. The van der Waals surface area contributed by atoms with Crippen molar-refractivity contribution in [2.24, 2.45) is 5.92 Å². The Hall–Kier alpha value is -3.67. The van der Waals surface area contributed by atoms with Crippen molar-refractivity contribution in [2.75, 3.05) is 38.0 Å². The normalized spacial score (nSPS) is 16.4. The fraction of sp³-hybridized carbons (Fsp3) is 0.394. The van der Waals surface area contributed by atoms with E-state index in [1.165, 1.54) is 17.4 Å². The van der Waals surface area contributed by atoms with Crippen LogP contribution in [0.5, 0.6) is 0 Å². The molecule has 2 aromatic carbocycles. The van der Waals surface area contributed by atoms with Crippen molar-refractivity contribution in [3.63, 3.8) is 0 Å². The Morgan fingerprint density at radius 3 is 2.36 bits per heavy atom. The third kappa shape index (κ3) is 7.34. The summed E-state index contributed by atoms with van der Waals surface area (Å²) >= 11 is 1.32. The molecule has 1 aliphatic carbocycles. The van der Waals surface area contributed by atoms with Crippen LogP contribution in [0.4, 0.5) is 18.3 Å². The highest BCUT2D eigenvalue weighted by molar-refractivity contribution is 7.22. The van der Waals surface area contributed by atoms with Gasteiger partial charge >= 0.3 is 6.18 Å². The SMILES string of the molecule is CCN1CCN(Cc2ccc(CC(=O)Cc3cccc(-c4ccc5nc(NC(=O)C6CC6)sc5n4)c3)cc2C(F)(F)F)CC1. The maximum Gasteiger partial charge on any atom is 0.416 e. The fourth-order valence-corrected chi connectivity index (χ4v) is 6.42. The second kappa shape index (κ2) is 12.7. The lowest BCUT2D eigenvalue weighted by atomic mass is 9.97. The summed E-state index contributed by atoms with van der Waals surface area (Å²) in [6.45, 7) is 6.44. The van der Waals surface area contributed by atoms with Gasteiger partial charge in [-0.1, -0.05) is 48.6 Å². The number of ketones is 1. The van der Waals surface area contributed by atoms with Gasteiger partial charge in [-0.3, -0.25) is 14.5 Å². The molecule has 0 atom stereocenters. The van der Waals surface area contributed by atoms with Crippen LogP contribution < -0.4 is 5.32 Å². The number of alkyl halides is 3. The third-order valence-electron chi connectivity index (χ3n) is 8.24. The Morgan fingerprint density at radius 1 is 0.932 bits per heavy atom. The van der Waals surface area contributed by atoms with Crippen LogP contribution in [-0.2, 0) is 35.2 Å². The summed E-state index contributed by atoms with van der Waals surface area (Å²) in [6.07, 6.45) is -2.65. The van der Waals surface area contributed by atoms with Crippen LogP contribution in [0, 0.1) is 5.92 Å². The van der Waals surface area contributed by atoms with Gasteiger partial charge < -0.3 is 10.2 Å². The van der Waals surface area contributed by atoms with Gasteiger partial charge in [-0.15, -0.1) is 0 Å². The zero-order valence-electron chi connectivity index (χ0n) is 24.5. The second-order valence-electron chi connectivity index (χ2n) is 11.6. The van der Waals surface area contributed by atoms with E-state index in [1.807, 2.05) is 36.4 Å². The van der Waals surface area contributed by atoms with Crippen LogP contribution in [0.3, 0.4) is 0 Å². The van der Waals surface area contributed by atoms with E-state index in [0.717, 1.165) is 62.8 Å². The summed E-state index contributed by atoms with van der Waals surface area (Å²) in [5.41, 5.74) is 2.92. The van der Waals surface area contributed by atoms with Crippen LogP contribution in [0.25, 0.3) is 21.6 Å². The van der Waals surface area contributed by atoms with Gasteiger partial charge in [0.25, 0.3) is 0 Å².